The first kappa shape index (κ1) is 15.2. The van der Waals surface area contributed by atoms with E-state index >= 15 is 0 Å². The molecule has 1 saturated heterocycles. The predicted molar refractivity (Wildman–Crippen MR) is 94.2 cm³/mol. The van der Waals surface area contributed by atoms with E-state index in [1.807, 2.05) is 25.1 Å². The normalized spacial score (nSPS) is 17.9. The largest absolute Gasteiger partial charge is 0.367 e. The van der Waals surface area contributed by atoms with Crippen LogP contribution in [-0.4, -0.2) is 42.2 Å². The van der Waals surface area contributed by atoms with Crippen LogP contribution in [0, 0.1) is 12.7 Å². The molecule has 1 aliphatic carbocycles. The molecule has 0 amide bonds. The number of aryl methyl sites for hydroxylation is 1. The van der Waals surface area contributed by atoms with Crippen molar-refractivity contribution in [1.82, 2.24) is 9.97 Å². The summed E-state index contributed by atoms with van der Waals surface area (Å²) in [5, 5.41) is 3.44. The molecule has 4 rings (SSSR count). The summed E-state index contributed by atoms with van der Waals surface area (Å²) in [6.45, 7) is 5.16. The number of para-hydroxylation sites is 1. The maximum Gasteiger partial charge on any atom is 0.146 e. The molecule has 0 atom stereocenters. The van der Waals surface area contributed by atoms with Gasteiger partial charge in [0.05, 0.1) is 5.69 Å². The third-order valence-electron chi connectivity index (χ3n) is 4.55. The highest BCUT2D eigenvalue weighted by Crippen LogP contribution is 2.26. The first-order valence-electron chi connectivity index (χ1n) is 8.56. The minimum absolute atomic E-state index is 0.153. The van der Waals surface area contributed by atoms with Gasteiger partial charge in [-0.05, 0) is 31.9 Å². The Bertz CT molecular complexity index is 723. The standard InChI is InChI=1S/C18H22FN5/c1-13-20-17(22-14-6-7-14)12-18(21-13)24-10-8-23(9-11-24)16-5-3-2-4-15(16)19/h2-5,12,14H,6-11H2,1H3,(H,20,21,22). The van der Waals surface area contributed by atoms with E-state index in [1.54, 1.807) is 6.07 Å². The summed E-state index contributed by atoms with van der Waals surface area (Å²) in [5.74, 6) is 2.50. The number of anilines is 3. The van der Waals surface area contributed by atoms with Gasteiger partial charge >= 0.3 is 0 Å². The first-order valence-corrected chi connectivity index (χ1v) is 8.56. The van der Waals surface area contributed by atoms with Crippen LogP contribution in [0.2, 0.25) is 0 Å². The second kappa shape index (κ2) is 6.26. The molecule has 1 N–H and O–H groups in total. The lowest BCUT2D eigenvalue weighted by Gasteiger charge is -2.37. The van der Waals surface area contributed by atoms with Gasteiger partial charge < -0.3 is 15.1 Å². The number of piperazine rings is 1. The van der Waals surface area contributed by atoms with E-state index in [0.29, 0.717) is 11.7 Å². The van der Waals surface area contributed by atoms with Crippen molar-refractivity contribution < 1.29 is 4.39 Å². The summed E-state index contributed by atoms with van der Waals surface area (Å²) in [6, 6.07) is 9.58. The Hall–Kier alpha value is -2.37. The van der Waals surface area contributed by atoms with Gasteiger partial charge in [-0.1, -0.05) is 12.1 Å². The van der Waals surface area contributed by atoms with Crippen LogP contribution in [0.15, 0.2) is 30.3 Å². The second-order valence-electron chi connectivity index (χ2n) is 6.50. The van der Waals surface area contributed by atoms with Crippen molar-refractivity contribution in [2.45, 2.75) is 25.8 Å². The fraction of sp³-hybridized carbons (Fsp3) is 0.444. The van der Waals surface area contributed by atoms with Gasteiger partial charge in [0, 0.05) is 38.3 Å². The fourth-order valence-electron chi connectivity index (χ4n) is 3.11. The van der Waals surface area contributed by atoms with Gasteiger partial charge in [-0.25, -0.2) is 14.4 Å². The molecule has 1 aliphatic heterocycles. The van der Waals surface area contributed by atoms with Gasteiger partial charge in [-0.3, -0.25) is 0 Å². The topological polar surface area (TPSA) is 44.3 Å². The first-order chi connectivity index (χ1) is 11.7. The molecular formula is C18H22FN5. The number of aromatic nitrogens is 2. The molecule has 5 nitrogen and oxygen atoms in total. The molecule has 1 aromatic heterocycles. The van der Waals surface area contributed by atoms with Gasteiger partial charge in [-0.15, -0.1) is 0 Å². The lowest BCUT2D eigenvalue weighted by Crippen LogP contribution is -2.47. The van der Waals surface area contributed by atoms with E-state index in [1.165, 1.54) is 18.9 Å². The minimum Gasteiger partial charge on any atom is -0.367 e. The Morgan fingerprint density at radius 3 is 2.46 bits per heavy atom. The van der Waals surface area contributed by atoms with Crippen molar-refractivity contribution in [3.05, 3.63) is 42.0 Å². The van der Waals surface area contributed by atoms with Crippen molar-refractivity contribution >= 4 is 17.3 Å². The molecule has 2 aliphatic rings. The third kappa shape index (κ3) is 3.27. The molecule has 2 heterocycles. The molecule has 2 fully saturated rings. The van der Waals surface area contributed by atoms with Crippen LogP contribution < -0.4 is 15.1 Å². The highest BCUT2D eigenvalue weighted by Gasteiger charge is 2.23. The molecule has 1 aromatic carbocycles. The van der Waals surface area contributed by atoms with Crippen molar-refractivity contribution in [3.63, 3.8) is 0 Å². The van der Waals surface area contributed by atoms with Gasteiger partial charge in [-0.2, -0.15) is 0 Å². The number of nitrogens with one attached hydrogen (secondary N) is 1. The second-order valence-corrected chi connectivity index (χ2v) is 6.50. The highest BCUT2D eigenvalue weighted by atomic mass is 19.1. The smallest absolute Gasteiger partial charge is 0.146 e. The maximum absolute atomic E-state index is 13.9. The van der Waals surface area contributed by atoms with Crippen LogP contribution in [-0.2, 0) is 0 Å². The summed E-state index contributed by atoms with van der Waals surface area (Å²) in [5.41, 5.74) is 0.687. The molecule has 2 aromatic rings. The summed E-state index contributed by atoms with van der Waals surface area (Å²) in [7, 11) is 0. The van der Waals surface area contributed by atoms with E-state index in [0.717, 1.165) is 43.6 Å². The Kier molecular flexibility index (Phi) is 3.96. The molecule has 1 saturated carbocycles. The van der Waals surface area contributed by atoms with E-state index in [-0.39, 0.29) is 5.82 Å². The van der Waals surface area contributed by atoms with Crippen LogP contribution >= 0.6 is 0 Å². The number of hydrogen-bond acceptors (Lipinski definition) is 5. The molecule has 0 unspecified atom stereocenters. The SMILES string of the molecule is Cc1nc(NC2CC2)cc(N2CCN(c3ccccc3F)CC2)n1. The predicted octanol–water partition coefficient (Wildman–Crippen LogP) is 2.83. The van der Waals surface area contributed by atoms with Crippen LogP contribution in [0.4, 0.5) is 21.7 Å². The Balaban J connectivity index is 1.45. The zero-order chi connectivity index (χ0) is 16.5. The van der Waals surface area contributed by atoms with Crippen LogP contribution in [0.5, 0.6) is 0 Å². The monoisotopic (exact) mass is 327 g/mol. The number of hydrogen-bond donors (Lipinski definition) is 1. The van der Waals surface area contributed by atoms with Crippen LogP contribution in [0.25, 0.3) is 0 Å². The van der Waals surface area contributed by atoms with Crippen molar-refractivity contribution in [1.29, 1.82) is 0 Å². The molecule has 0 bridgehead atoms. The van der Waals surface area contributed by atoms with Crippen molar-refractivity contribution in [2.24, 2.45) is 0 Å². The number of rotatable bonds is 4. The van der Waals surface area contributed by atoms with Crippen molar-refractivity contribution in [2.75, 3.05) is 41.3 Å². The molecule has 126 valence electrons. The molecule has 0 radical (unpaired) electrons. The molecular weight excluding hydrogens is 305 g/mol. The third-order valence-corrected chi connectivity index (χ3v) is 4.55. The molecule has 24 heavy (non-hydrogen) atoms. The lowest BCUT2D eigenvalue weighted by atomic mass is 10.2. The van der Waals surface area contributed by atoms with E-state index in [4.69, 9.17) is 0 Å². The van der Waals surface area contributed by atoms with Crippen molar-refractivity contribution in [3.8, 4) is 0 Å². The highest BCUT2D eigenvalue weighted by molar-refractivity contribution is 5.53. The average Bonchev–Trinajstić information content (AvgIpc) is 3.39. The van der Waals surface area contributed by atoms with Gasteiger partial charge in [0.25, 0.3) is 0 Å². The summed E-state index contributed by atoms with van der Waals surface area (Å²) >= 11 is 0. The Morgan fingerprint density at radius 1 is 1.04 bits per heavy atom. The van der Waals surface area contributed by atoms with Gasteiger partial charge in [0.1, 0.15) is 23.3 Å². The zero-order valence-electron chi connectivity index (χ0n) is 13.9. The number of benzene rings is 1. The summed E-state index contributed by atoms with van der Waals surface area (Å²) in [6.07, 6.45) is 2.44. The van der Waals surface area contributed by atoms with Crippen LogP contribution in [0.3, 0.4) is 0 Å². The minimum atomic E-state index is -0.153. The Morgan fingerprint density at radius 2 is 1.75 bits per heavy atom. The lowest BCUT2D eigenvalue weighted by molar-refractivity contribution is 0.596. The van der Waals surface area contributed by atoms with Crippen LogP contribution in [0.1, 0.15) is 18.7 Å². The Labute approximate surface area is 141 Å². The maximum atomic E-state index is 13.9. The summed E-state index contributed by atoms with van der Waals surface area (Å²) in [4.78, 5) is 13.4. The molecule has 0 spiro atoms. The van der Waals surface area contributed by atoms with Gasteiger partial charge in [0.15, 0.2) is 0 Å². The number of halogens is 1. The van der Waals surface area contributed by atoms with E-state index in [2.05, 4.69) is 25.1 Å². The molecule has 6 heteroatoms. The zero-order valence-corrected chi connectivity index (χ0v) is 13.9. The van der Waals surface area contributed by atoms with E-state index in [9.17, 15) is 4.39 Å². The average molecular weight is 327 g/mol. The van der Waals surface area contributed by atoms with E-state index < -0.39 is 0 Å². The fourth-order valence-corrected chi connectivity index (χ4v) is 3.11. The quantitative estimate of drug-likeness (QED) is 0.935. The van der Waals surface area contributed by atoms with Gasteiger partial charge in [0.2, 0.25) is 0 Å². The number of nitrogens with zero attached hydrogens (tertiary/aromatic N) is 4. The summed E-state index contributed by atoms with van der Waals surface area (Å²) < 4.78 is 13.9.